The number of nitrogens with zero attached hydrogens (tertiary/aromatic N) is 4. The molecule has 0 spiro atoms. The third-order valence-electron chi connectivity index (χ3n) is 4.81. The van der Waals surface area contributed by atoms with E-state index in [9.17, 15) is 4.79 Å². The number of likely N-dealkylation sites (N-methyl/N-ethyl adjacent to an activating group) is 1. The fraction of sp³-hybridized carbons (Fsp3) is 0.550. The summed E-state index contributed by atoms with van der Waals surface area (Å²) in [5.74, 6) is 0.812. The second kappa shape index (κ2) is 9.27. The van der Waals surface area contributed by atoms with Crippen LogP contribution in [0, 0.1) is 0 Å². The molecule has 8 heteroatoms. The van der Waals surface area contributed by atoms with Crippen LogP contribution in [0.15, 0.2) is 28.8 Å². The molecule has 1 fully saturated rings. The highest BCUT2D eigenvalue weighted by Crippen LogP contribution is 2.21. The quantitative estimate of drug-likeness (QED) is 0.735. The van der Waals surface area contributed by atoms with Gasteiger partial charge in [-0.05, 0) is 18.5 Å². The van der Waals surface area contributed by atoms with Crippen LogP contribution in [-0.4, -0.2) is 77.0 Å². The Morgan fingerprint density at radius 1 is 1.36 bits per heavy atom. The Labute approximate surface area is 165 Å². The van der Waals surface area contributed by atoms with Crippen LogP contribution in [0.2, 0.25) is 0 Å². The van der Waals surface area contributed by atoms with E-state index in [0.717, 1.165) is 12.1 Å². The lowest BCUT2D eigenvalue weighted by Gasteiger charge is -2.33. The molecule has 1 saturated heterocycles. The van der Waals surface area contributed by atoms with Gasteiger partial charge < -0.3 is 14.4 Å². The molecular formula is C20H28N4O4. The van der Waals surface area contributed by atoms with Crippen molar-refractivity contribution in [2.45, 2.75) is 32.4 Å². The molecule has 1 unspecified atom stereocenters. The first kappa shape index (κ1) is 20.4. The smallest absolute Gasteiger partial charge is 0.317 e. The van der Waals surface area contributed by atoms with Gasteiger partial charge in [-0.15, -0.1) is 0 Å². The molecule has 8 nitrogen and oxygen atoms in total. The lowest BCUT2D eigenvalue weighted by molar-refractivity contribution is -0.138. The van der Waals surface area contributed by atoms with Crippen molar-refractivity contribution in [1.29, 1.82) is 0 Å². The van der Waals surface area contributed by atoms with E-state index in [4.69, 9.17) is 14.4 Å². The molecule has 1 atom stereocenters. The number of hydrogen-bond acceptors (Lipinski definition) is 7. The maximum absolute atomic E-state index is 10.8. The Morgan fingerprint density at radius 3 is 2.79 bits per heavy atom. The Balaban J connectivity index is 1.56. The highest BCUT2D eigenvalue weighted by molar-refractivity contribution is 5.69. The maximum Gasteiger partial charge on any atom is 0.317 e. The van der Waals surface area contributed by atoms with Crippen molar-refractivity contribution in [2.24, 2.45) is 0 Å². The van der Waals surface area contributed by atoms with Crippen LogP contribution in [0.3, 0.4) is 0 Å². The number of aromatic nitrogens is 2. The van der Waals surface area contributed by atoms with Crippen molar-refractivity contribution in [3.8, 4) is 11.4 Å². The number of morpholine rings is 1. The summed E-state index contributed by atoms with van der Waals surface area (Å²) in [5, 5.41) is 13.0. The van der Waals surface area contributed by atoms with Gasteiger partial charge in [0.25, 0.3) is 0 Å². The lowest BCUT2D eigenvalue weighted by Crippen LogP contribution is -2.47. The molecule has 1 N–H and O–H groups in total. The second-order valence-electron chi connectivity index (χ2n) is 7.61. The van der Waals surface area contributed by atoms with Crippen LogP contribution in [0.5, 0.6) is 0 Å². The number of carboxylic acids is 1. The molecule has 1 aromatic carbocycles. The Hall–Kier alpha value is -2.29. The molecule has 28 heavy (non-hydrogen) atoms. The molecule has 0 radical (unpaired) electrons. The average molecular weight is 388 g/mol. The fourth-order valence-corrected chi connectivity index (χ4v) is 3.32. The second-order valence-corrected chi connectivity index (χ2v) is 7.61. The van der Waals surface area contributed by atoms with E-state index in [2.05, 4.69) is 41.0 Å². The van der Waals surface area contributed by atoms with Crippen molar-refractivity contribution < 1.29 is 19.2 Å². The van der Waals surface area contributed by atoms with E-state index in [1.54, 1.807) is 11.9 Å². The number of rotatable bonds is 8. The van der Waals surface area contributed by atoms with Gasteiger partial charge in [0.2, 0.25) is 11.7 Å². The summed E-state index contributed by atoms with van der Waals surface area (Å²) in [6.45, 7) is 7.53. The van der Waals surface area contributed by atoms with Crippen molar-refractivity contribution in [3.63, 3.8) is 0 Å². The van der Waals surface area contributed by atoms with E-state index < -0.39 is 5.97 Å². The zero-order valence-electron chi connectivity index (χ0n) is 16.7. The largest absolute Gasteiger partial charge is 0.480 e. The first-order chi connectivity index (χ1) is 13.4. The normalized spacial score (nSPS) is 18.1. The Kier molecular flexibility index (Phi) is 6.77. The maximum atomic E-state index is 10.8. The lowest BCUT2D eigenvalue weighted by atomic mass is 10.0. The van der Waals surface area contributed by atoms with E-state index >= 15 is 0 Å². The fourth-order valence-electron chi connectivity index (χ4n) is 3.32. The van der Waals surface area contributed by atoms with E-state index in [0.29, 0.717) is 43.9 Å². The number of hydrogen-bond donors (Lipinski definition) is 1. The molecule has 2 heterocycles. The summed E-state index contributed by atoms with van der Waals surface area (Å²) in [4.78, 5) is 19.3. The monoisotopic (exact) mass is 388 g/mol. The zero-order chi connectivity index (χ0) is 20.1. The molecule has 0 amide bonds. The molecule has 3 rings (SSSR count). The van der Waals surface area contributed by atoms with Crippen LogP contribution in [0.25, 0.3) is 11.4 Å². The molecule has 0 aliphatic carbocycles. The van der Waals surface area contributed by atoms with Gasteiger partial charge in [-0.25, -0.2) is 0 Å². The van der Waals surface area contributed by atoms with E-state index in [1.807, 2.05) is 12.1 Å². The summed E-state index contributed by atoms with van der Waals surface area (Å²) in [6.07, 6.45) is -0.0379. The Bertz CT molecular complexity index is 775. The molecule has 0 bridgehead atoms. The summed E-state index contributed by atoms with van der Waals surface area (Å²) in [5.41, 5.74) is 2.22. The number of carboxylic acid groups (broad SMARTS) is 1. The van der Waals surface area contributed by atoms with Gasteiger partial charge in [-0.2, -0.15) is 4.98 Å². The predicted molar refractivity (Wildman–Crippen MR) is 104 cm³/mol. The van der Waals surface area contributed by atoms with Gasteiger partial charge in [0, 0.05) is 25.2 Å². The number of ether oxygens (including phenoxy) is 1. The third-order valence-corrected chi connectivity index (χ3v) is 4.81. The standard InChI is InChI=1S/C20H28N4O4/c1-14(2)15-4-6-16(7-5-15)20-21-18(28-22-20)12-24-8-9-27-17(11-24)10-23(3)13-19(25)26/h4-7,14,17H,8-13H2,1-3H3,(H,25,26). The van der Waals surface area contributed by atoms with Gasteiger partial charge in [-0.3, -0.25) is 14.6 Å². The third kappa shape index (κ3) is 5.60. The SMILES string of the molecule is CC(C)c1ccc(-c2noc(CN3CCOC(CN(C)CC(=O)O)C3)n2)cc1. The molecule has 1 aliphatic rings. The van der Waals surface area contributed by atoms with Crippen LogP contribution < -0.4 is 0 Å². The minimum absolute atomic E-state index is 0.00246. The number of carbonyl (C=O) groups is 1. The minimum atomic E-state index is -0.838. The highest BCUT2D eigenvalue weighted by atomic mass is 16.5. The number of benzene rings is 1. The summed E-state index contributed by atoms with van der Waals surface area (Å²) in [6, 6.07) is 8.23. The molecule has 1 aromatic heterocycles. The van der Waals surface area contributed by atoms with Crippen molar-refractivity contribution in [3.05, 3.63) is 35.7 Å². The summed E-state index contributed by atoms with van der Waals surface area (Å²) < 4.78 is 11.2. The highest BCUT2D eigenvalue weighted by Gasteiger charge is 2.24. The van der Waals surface area contributed by atoms with Crippen molar-refractivity contribution >= 4 is 5.97 Å². The van der Waals surface area contributed by atoms with Gasteiger partial charge in [0.15, 0.2) is 0 Å². The Morgan fingerprint density at radius 2 is 2.11 bits per heavy atom. The zero-order valence-corrected chi connectivity index (χ0v) is 16.7. The summed E-state index contributed by atoms with van der Waals surface area (Å²) in [7, 11) is 1.78. The van der Waals surface area contributed by atoms with Gasteiger partial charge in [-0.1, -0.05) is 43.3 Å². The molecule has 1 aliphatic heterocycles. The van der Waals surface area contributed by atoms with Gasteiger partial charge >= 0.3 is 5.97 Å². The van der Waals surface area contributed by atoms with Gasteiger partial charge in [0.1, 0.15) is 0 Å². The number of aliphatic carboxylic acids is 1. The molecule has 0 saturated carbocycles. The topological polar surface area (TPSA) is 91.9 Å². The minimum Gasteiger partial charge on any atom is -0.480 e. The predicted octanol–water partition coefficient (Wildman–Crippen LogP) is 2.08. The van der Waals surface area contributed by atoms with Crippen LogP contribution >= 0.6 is 0 Å². The van der Waals surface area contributed by atoms with Crippen molar-refractivity contribution in [1.82, 2.24) is 19.9 Å². The van der Waals surface area contributed by atoms with Crippen LogP contribution in [0.4, 0.5) is 0 Å². The van der Waals surface area contributed by atoms with E-state index in [-0.39, 0.29) is 12.6 Å². The van der Waals surface area contributed by atoms with Gasteiger partial charge in [0.05, 0.1) is 25.8 Å². The first-order valence-electron chi connectivity index (χ1n) is 9.58. The van der Waals surface area contributed by atoms with Crippen LogP contribution in [0.1, 0.15) is 31.2 Å². The molecule has 2 aromatic rings. The van der Waals surface area contributed by atoms with E-state index in [1.165, 1.54) is 5.56 Å². The van der Waals surface area contributed by atoms with Crippen molar-refractivity contribution in [2.75, 3.05) is 39.8 Å². The molecule has 152 valence electrons. The summed E-state index contributed by atoms with van der Waals surface area (Å²) >= 11 is 0. The first-order valence-corrected chi connectivity index (χ1v) is 9.58. The molecular weight excluding hydrogens is 360 g/mol. The average Bonchev–Trinajstić information content (AvgIpc) is 3.09. The van der Waals surface area contributed by atoms with Crippen LogP contribution in [-0.2, 0) is 16.1 Å².